The molecule has 2 nitrogen and oxygen atoms in total. The third-order valence-corrected chi connectivity index (χ3v) is 4.29. The summed E-state index contributed by atoms with van der Waals surface area (Å²) in [6.07, 6.45) is 3.10. The molecular formula is C17H17BrFNO. The third-order valence-electron chi connectivity index (χ3n) is 3.83. The molecule has 0 aliphatic heterocycles. The molecule has 1 atom stereocenters. The number of nitrogens with two attached hydrogens (primary N) is 1. The fraction of sp³-hybridized carbons (Fsp3) is 0.294. The normalized spacial score (nSPS) is 17.4. The lowest BCUT2D eigenvalue weighted by molar-refractivity contribution is 0.300. The van der Waals surface area contributed by atoms with Crippen molar-refractivity contribution in [3.8, 4) is 5.75 Å². The largest absolute Gasteiger partial charge is 0.489 e. The van der Waals surface area contributed by atoms with Gasteiger partial charge in [0.2, 0.25) is 0 Å². The molecule has 0 bridgehead atoms. The topological polar surface area (TPSA) is 35.2 Å². The molecular weight excluding hydrogens is 333 g/mol. The van der Waals surface area contributed by atoms with Crippen molar-refractivity contribution in [2.75, 3.05) is 0 Å². The number of hydrogen-bond donors (Lipinski definition) is 1. The van der Waals surface area contributed by atoms with Crippen LogP contribution in [-0.2, 0) is 13.0 Å². The van der Waals surface area contributed by atoms with Crippen LogP contribution in [-0.4, -0.2) is 0 Å². The summed E-state index contributed by atoms with van der Waals surface area (Å²) in [5.41, 5.74) is 9.34. The Bertz CT molecular complexity index is 639. The molecule has 1 aliphatic carbocycles. The van der Waals surface area contributed by atoms with Crippen LogP contribution in [0.4, 0.5) is 4.39 Å². The number of ether oxygens (including phenoxy) is 1. The van der Waals surface area contributed by atoms with Gasteiger partial charge in [0.15, 0.2) is 0 Å². The molecule has 3 rings (SSSR count). The van der Waals surface area contributed by atoms with Gasteiger partial charge in [-0.1, -0.05) is 28.1 Å². The second kappa shape index (κ2) is 6.16. The van der Waals surface area contributed by atoms with Crippen LogP contribution >= 0.6 is 15.9 Å². The van der Waals surface area contributed by atoms with Crippen LogP contribution in [0.5, 0.6) is 5.75 Å². The molecule has 110 valence electrons. The van der Waals surface area contributed by atoms with E-state index in [2.05, 4.69) is 22.0 Å². The summed E-state index contributed by atoms with van der Waals surface area (Å²) in [4.78, 5) is 0. The van der Waals surface area contributed by atoms with E-state index >= 15 is 0 Å². The summed E-state index contributed by atoms with van der Waals surface area (Å²) in [5.74, 6) is 0.600. The van der Waals surface area contributed by atoms with E-state index in [0.29, 0.717) is 6.61 Å². The summed E-state index contributed by atoms with van der Waals surface area (Å²) in [5, 5.41) is 0. The maximum absolute atomic E-state index is 13.4. The quantitative estimate of drug-likeness (QED) is 0.884. The van der Waals surface area contributed by atoms with E-state index < -0.39 is 0 Å². The molecule has 4 heteroatoms. The van der Waals surface area contributed by atoms with Crippen LogP contribution < -0.4 is 10.5 Å². The van der Waals surface area contributed by atoms with Gasteiger partial charge in [0.1, 0.15) is 18.2 Å². The number of fused-ring (bicyclic) bond motifs is 1. The number of hydrogen-bond acceptors (Lipinski definition) is 2. The molecule has 1 aliphatic rings. The van der Waals surface area contributed by atoms with E-state index in [1.807, 2.05) is 18.2 Å². The Hall–Kier alpha value is -1.39. The van der Waals surface area contributed by atoms with Crippen molar-refractivity contribution >= 4 is 15.9 Å². The summed E-state index contributed by atoms with van der Waals surface area (Å²) in [7, 11) is 0. The van der Waals surface area contributed by atoms with E-state index in [1.54, 1.807) is 0 Å². The van der Waals surface area contributed by atoms with Gasteiger partial charge in [-0.25, -0.2) is 4.39 Å². The highest BCUT2D eigenvalue weighted by atomic mass is 79.9. The van der Waals surface area contributed by atoms with Crippen LogP contribution in [0.2, 0.25) is 0 Å². The van der Waals surface area contributed by atoms with Crippen molar-refractivity contribution in [2.45, 2.75) is 31.9 Å². The van der Waals surface area contributed by atoms with E-state index in [1.165, 1.54) is 23.3 Å². The standard InChI is InChI=1S/C17H17BrFNO/c18-12-7-11(8-13(19)9-12)10-21-17-6-2-3-14-15(17)4-1-5-16(14)20/h2-3,6-9,16H,1,4-5,10,20H2. The second-order valence-corrected chi connectivity index (χ2v) is 6.30. The molecule has 0 aromatic heterocycles. The van der Waals surface area contributed by atoms with Gasteiger partial charge in [-0.05, 0) is 60.2 Å². The molecule has 0 amide bonds. The zero-order valence-corrected chi connectivity index (χ0v) is 13.2. The average molecular weight is 350 g/mol. The maximum atomic E-state index is 13.4. The molecule has 21 heavy (non-hydrogen) atoms. The highest BCUT2D eigenvalue weighted by Crippen LogP contribution is 2.34. The van der Waals surface area contributed by atoms with E-state index in [-0.39, 0.29) is 11.9 Å². The minimum atomic E-state index is -0.264. The fourth-order valence-electron chi connectivity index (χ4n) is 2.84. The first kappa shape index (κ1) is 14.5. The number of halogens is 2. The lowest BCUT2D eigenvalue weighted by atomic mass is 9.87. The molecule has 2 N–H and O–H groups in total. The number of rotatable bonds is 3. The van der Waals surface area contributed by atoms with Crippen LogP contribution in [0.25, 0.3) is 0 Å². The number of benzene rings is 2. The first-order valence-electron chi connectivity index (χ1n) is 7.08. The maximum Gasteiger partial charge on any atom is 0.124 e. The first-order valence-corrected chi connectivity index (χ1v) is 7.88. The second-order valence-electron chi connectivity index (χ2n) is 5.39. The lowest BCUT2D eigenvalue weighted by Gasteiger charge is -2.24. The Labute approximate surface area is 132 Å². The summed E-state index contributed by atoms with van der Waals surface area (Å²) >= 11 is 3.30. The molecule has 0 saturated carbocycles. The highest BCUT2D eigenvalue weighted by molar-refractivity contribution is 9.10. The van der Waals surface area contributed by atoms with Gasteiger partial charge >= 0.3 is 0 Å². The monoisotopic (exact) mass is 349 g/mol. The van der Waals surface area contributed by atoms with Crippen molar-refractivity contribution < 1.29 is 9.13 Å². The van der Waals surface area contributed by atoms with Gasteiger partial charge in [-0.15, -0.1) is 0 Å². The van der Waals surface area contributed by atoms with Crippen LogP contribution in [0.15, 0.2) is 40.9 Å². The average Bonchev–Trinajstić information content (AvgIpc) is 2.45. The Morgan fingerprint density at radius 3 is 2.95 bits per heavy atom. The SMILES string of the molecule is NC1CCCc2c(OCc3cc(F)cc(Br)c3)cccc21. The molecule has 2 aromatic carbocycles. The molecule has 0 saturated heterocycles. The lowest BCUT2D eigenvalue weighted by Crippen LogP contribution is -2.18. The summed E-state index contributed by atoms with van der Waals surface area (Å²) in [6.45, 7) is 0.349. The Balaban J connectivity index is 1.81. The summed E-state index contributed by atoms with van der Waals surface area (Å²) in [6, 6.07) is 10.9. The van der Waals surface area contributed by atoms with Crippen LogP contribution in [0.1, 0.15) is 35.6 Å². The van der Waals surface area contributed by atoms with Crippen LogP contribution in [0, 0.1) is 5.82 Å². The van der Waals surface area contributed by atoms with Crippen molar-refractivity contribution in [1.29, 1.82) is 0 Å². The summed E-state index contributed by atoms with van der Waals surface area (Å²) < 4.78 is 20.0. The Morgan fingerprint density at radius 2 is 2.14 bits per heavy atom. The van der Waals surface area contributed by atoms with Gasteiger partial charge < -0.3 is 10.5 Å². The van der Waals surface area contributed by atoms with Crippen molar-refractivity contribution in [2.24, 2.45) is 5.73 Å². The van der Waals surface area contributed by atoms with Crippen molar-refractivity contribution in [3.63, 3.8) is 0 Å². The molecule has 2 aromatic rings. The molecule has 1 unspecified atom stereocenters. The molecule has 0 spiro atoms. The Kier molecular flexibility index (Phi) is 4.27. The minimum Gasteiger partial charge on any atom is -0.489 e. The predicted molar refractivity (Wildman–Crippen MR) is 84.7 cm³/mol. The fourth-order valence-corrected chi connectivity index (χ4v) is 3.36. The first-order chi connectivity index (χ1) is 10.1. The van der Waals surface area contributed by atoms with Crippen molar-refractivity contribution in [1.82, 2.24) is 0 Å². The van der Waals surface area contributed by atoms with Gasteiger partial charge in [0.05, 0.1) is 0 Å². The Morgan fingerprint density at radius 1 is 1.29 bits per heavy atom. The highest BCUT2D eigenvalue weighted by Gasteiger charge is 2.19. The smallest absolute Gasteiger partial charge is 0.124 e. The minimum absolute atomic E-state index is 0.0978. The zero-order chi connectivity index (χ0) is 14.8. The molecule has 0 radical (unpaired) electrons. The van der Waals surface area contributed by atoms with Gasteiger partial charge in [-0.3, -0.25) is 0 Å². The third kappa shape index (κ3) is 3.27. The van der Waals surface area contributed by atoms with E-state index in [4.69, 9.17) is 10.5 Å². The van der Waals surface area contributed by atoms with Crippen LogP contribution in [0.3, 0.4) is 0 Å². The molecule has 0 heterocycles. The van der Waals surface area contributed by atoms with Crippen molar-refractivity contribution in [3.05, 3.63) is 63.4 Å². The predicted octanol–water partition coefficient (Wildman–Crippen LogP) is 4.50. The van der Waals surface area contributed by atoms with Gasteiger partial charge in [-0.2, -0.15) is 0 Å². The zero-order valence-electron chi connectivity index (χ0n) is 11.6. The van der Waals surface area contributed by atoms with Gasteiger partial charge in [0.25, 0.3) is 0 Å². The van der Waals surface area contributed by atoms with E-state index in [0.717, 1.165) is 35.0 Å². The van der Waals surface area contributed by atoms with E-state index in [9.17, 15) is 4.39 Å². The molecule has 0 fully saturated rings. The van der Waals surface area contributed by atoms with Gasteiger partial charge in [0, 0.05) is 10.5 Å².